The molecule has 350 valence electrons. The van der Waals surface area contributed by atoms with Crippen molar-refractivity contribution in [2.24, 2.45) is 29.1 Å². The summed E-state index contributed by atoms with van der Waals surface area (Å²) in [6, 6.07) is 0. The van der Waals surface area contributed by atoms with E-state index in [0.29, 0.717) is 0 Å². The van der Waals surface area contributed by atoms with Crippen LogP contribution in [0.4, 0.5) is 0 Å². The molecule has 0 aromatic heterocycles. The quantitative estimate of drug-likeness (QED) is 0.258. The first kappa shape index (κ1) is 49.8. The summed E-state index contributed by atoms with van der Waals surface area (Å²) in [5.41, 5.74) is -2.55. The van der Waals surface area contributed by atoms with Gasteiger partial charge in [0.1, 0.15) is 29.0 Å². The summed E-state index contributed by atoms with van der Waals surface area (Å²) in [7, 11) is 1.42. The normalized spacial score (nSPS) is 33.7. The number of allylic oxidation sites excluding steroid dienone is 4. The number of nitrogens with zero attached hydrogens (tertiary/aromatic N) is 1. The fourth-order valence-corrected chi connectivity index (χ4v) is 8.70. The molecule has 2 unspecified atom stereocenters. The number of ether oxygens (including phenoxy) is 6. The van der Waals surface area contributed by atoms with Gasteiger partial charge in [-0.2, -0.15) is 0 Å². The van der Waals surface area contributed by atoms with Crippen LogP contribution < -0.4 is 14.8 Å². The van der Waals surface area contributed by atoms with Crippen LogP contribution in [-0.2, 0) is 33.3 Å². The van der Waals surface area contributed by atoms with E-state index >= 15 is 9.59 Å². The van der Waals surface area contributed by atoms with Crippen molar-refractivity contribution in [3.63, 3.8) is 0 Å². The molecule has 1 fully saturated rings. The maximum atomic E-state index is 15.3. The smallest absolute Gasteiger partial charge is 0.316 e. The molecule has 0 radical (unpaired) electrons. The van der Waals surface area contributed by atoms with Gasteiger partial charge in [0.05, 0.1) is 58.9 Å². The average Bonchev–Trinajstić information content (AvgIpc) is 3.48. The van der Waals surface area contributed by atoms with Crippen LogP contribution >= 0.6 is 0 Å². The van der Waals surface area contributed by atoms with Crippen molar-refractivity contribution in [2.75, 3.05) is 20.2 Å². The average molecular weight is 893 g/mol. The molecule has 0 spiro atoms. The van der Waals surface area contributed by atoms with Crippen molar-refractivity contribution in [1.29, 1.82) is 0 Å². The third kappa shape index (κ3) is 9.75. The number of hydrogen-bond acceptors (Lipinski definition) is 15. The summed E-state index contributed by atoms with van der Waals surface area (Å²) in [6.45, 7) is 21.2. The zero-order valence-corrected chi connectivity index (χ0v) is 39.3. The molecule has 1 amide bonds. The molecule has 1 aromatic rings. The van der Waals surface area contributed by atoms with Crippen molar-refractivity contribution < 1.29 is 67.4 Å². The third-order valence-corrected chi connectivity index (χ3v) is 12.5. The summed E-state index contributed by atoms with van der Waals surface area (Å²) < 4.78 is 35.9. The van der Waals surface area contributed by atoms with Crippen LogP contribution in [0.2, 0.25) is 0 Å². The number of ketones is 3. The van der Waals surface area contributed by atoms with Gasteiger partial charge in [0.15, 0.2) is 0 Å². The number of fused-ring (bicyclic) bond motifs is 14. The van der Waals surface area contributed by atoms with Gasteiger partial charge < -0.3 is 48.9 Å². The highest BCUT2D eigenvalue weighted by molar-refractivity contribution is 6.32. The number of benzene rings is 1. The molecule has 16 heteroatoms. The first-order valence-electron chi connectivity index (χ1n) is 21.7. The molecule has 6 rings (SSSR count). The Labute approximate surface area is 375 Å². The monoisotopic (exact) mass is 892 g/mol. The van der Waals surface area contributed by atoms with E-state index in [2.05, 4.69) is 5.32 Å². The van der Waals surface area contributed by atoms with E-state index in [1.54, 1.807) is 79.4 Å². The SMILES string of the molecule is CO[C@@H]1/C=C\O[C@]2(C)Oc3c(C)c(OC(=O)C(C)(C)C)c4c(c3C2=O)C(=O)C(N2CC(C)OC(C)C2)=C(NC(=O)/C(C)=C\C=C/[C@@H](C)[C@@H](O)[C@H](C)[C@@H](O)[C@@H](C)[C@@H](OC(C)=O)[C@H]1C)C4=O. The fraction of sp³-hybridized carbons (Fsp3) is 0.583. The molecular formula is C48H64N2O14. The highest BCUT2D eigenvalue weighted by Crippen LogP contribution is 2.50. The minimum Gasteiger partial charge on any atom is -0.462 e. The lowest BCUT2D eigenvalue weighted by Gasteiger charge is -2.39. The van der Waals surface area contributed by atoms with Crippen LogP contribution in [0.25, 0.3) is 0 Å². The standard InChI is InChI=1S/C48H64N2O14/c1-22-16-15-17-23(2)45(57)49-35-36(50-20-24(3)61-25(4)21-50)40(55)32-33(39(35)54)42(63-46(58)47(10,11)12)29(8)43-34(32)44(56)48(13,64-43)60-19-18-31(59-14)26(5)41(62-30(9)51)28(7)38(53)27(6)37(22)52/h15-19,22,24-28,31,37-38,41,52-53H,20-21H2,1-14H3,(H,49,57)/b16-15-,19-18-,23-17-/t22-,24?,25?,26+,27+,28-,31-,37-,38-,41+,48-/m1/s1. The van der Waals surface area contributed by atoms with E-state index < -0.39 is 112 Å². The molecule has 1 aliphatic carbocycles. The van der Waals surface area contributed by atoms with Crippen molar-refractivity contribution in [2.45, 2.75) is 132 Å². The predicted molar refractivity (Wildman–Crippen MR) is 233 cm³/mol. The number of morpholine rings is 1. The van der Waals surface area contributed by atoms with Crippen molar-refractivity contribution in [3.8, 4) is 11.5 Å². The number of rotatable bonds is 4. The van der Waals surface area contributed by atoms with Gasteiger partial charge >= 0.3 is 17.7 Å². The number of aliphatic hydroxyl groups is 2. The predicted octanol–water partition coefficient (Wildman–Crippen LogP) is 5.31. The van der Waals surface area contributed by atoms with Crippen molar-refractivity contribution >= 4 is 35.2 Å². The van der Waals surface area contributed by atoms with E-state index in [9.17, 15) is 29.4 Å². The molecule has 5 aliphatic rings. The highest BCUT2D eigenvalue weighted by Gasteiger charge is 2.54. The summed E-state index contributed by atoms with van der Waals surface area (Å²) >= 11 is 0. The summed E-state index contributed by atoms with van der Waals surface area (Å²) in [5, 5.41) is 25.7. The summed E-state index contributed by atoms with van der Waals surface area (Å²) in [4.78, 5) is 87.0. The van der Waals surface area contributed by atoms with E-state index in [0.717, 1.165) is 0 Å². The Bertz CT molecular complexity index is 2190. The lowest BCUT2D eigenvalue weighted by molar-refractivity contribution is -0.160. The maximum Gasteiger partial charge on any atom is 0.316 e. The number of esters is 2. The van der Waals surface area contributed by atoms with Gasteiger partial charge in [-0.1, -0.05) is 45.9 Å². The molecule has 5 bridgehead atoms. The van der Waals surface area contributed by atoms with Gasteiger partial charge in [0.2, 0.25) is 11.6 Å². The van der Waals surface area contributed by atoms with Gasteiger partial charge in [-0.15, -0.1) is 0 Å². The number of Topliss-reactive ketones (excluding diaryl/α,β-unsaturated/α-hetero) is 3. The lowest BCUT2D eigenvalue weighted by Crippen LogP contribution is -2.49. The summed E-state index contributed by atoms with van der Waals surface area (Å²) in [6.07, 6.45) is 2.53. The minimum atomic E-state index is -2.14. The molecule has 11 atom stereocenters. The Kier molecular flexibility index (Phi) is 14.9. The number of amides is 1. The van der Waals surface area contributed by atoms with Gasteiger partial charge in [0, 0.05) is 68.9 Å². The Morgan fingerprint density at radius 2 is 1.50 bits per heavy atom. The number of hydrogen-bond donors (Lipinski definition) is 3. The Balaban J connectivity index is 1.77. The topological polar surface area (TPSA) is 214 Å². The maximum absolute atomic E-state index is 15.3. The second-order valence-corrected chi connectivity index (χ2v) is 18.8. The first-order valence-corrected chi connectivity index (χ1v) is 21.7. The van der Waals surface area contributed by atoms with Gasteiger partial charge in [-0.05, 0) is 54.5 Å². The van der Waals surface area contributed by atoms with Gasteiger partial charge in [0.25, 0.3) is 11.7 Å². The number of nitrogens with one attached hydrogen (secondary N) is 1. The van der Waals surface area contributed by atoms with Gasteiger partial charge in [-0.25, -0.2) is 0 Å². The van der Waals surface area contributed by atoms with E-state index in [1.165, 1.54) is 53.2 Å². The number of methoxy groups -OCH3 is 1. The number of carbonyl (C=O) groups excluding carboxylic acids is 6. The molecule has 4 aliphatic heterocycles. The van der Waals surface area contributed by atoms with E-state index in [1.807, 2.05) is 0 Å². The zero-order valence-electron chi connectivity index (χ0n) is 39.3. The van der Waals surface area contributed by atoms with Crippen molar-refractivity contribution in [3.05, 3.63) is 69.8 Å². The van der Waals surface area contributed by atoms with E-state index in [4.69, 9.17) is 28.4 Å². The van der Waals surface area contributed by atoms with Crippen LogP contribution in [0.3, 0.4) is 0 Å². The number of carbonyl (C=O) groups is 6. The summed E-state index contributed by atoms with van der Waals surface area (Å²) in [5.74, 6) is -9.82. The number of aliphatic hydroxyl groups excluding tert-OH is 2. The first-order chi connectivity index (χ1) is 29.7. The van der Waals surface area contributed by atoms with E-state index in [-0.39, 0.29) is 58.2 Å². The van der Waals surface area contributed by atoms with Crippen LogP contribution in [-0.4, -0.2) is 113 Å². The minimum absolute atomic E-state index is 0.0531. The molecular weight excluding hydrogens is 829 g/mol. The Hall–Kier alpha value is -5.16. The zero-order chi connectivity index (χ0) is 47.9. The molecule has 1 aromatic carbocycles. The molecule has 1 saturated heterocycles. The fourth-order valence-electron chi connectivity index (χ4n) is 8.70. The van der Waals surface area contributed by atoms with Crippen LogP contribution in [0, 0.1) is 36.0 Å². The molecule has 4 heterocycles. The molecule has 64 heavy (non-hydrogen) atoms. The van der Waals surface area contributed by atoms with Crippen LogP contribution in [0.5, 0.6) is 11.5 Å². The molecule has 0 saturated carbocycles. The molecule has 16 nitrogen and oxygen atoms in total. The molecule has 3 N–H and O–H groups in total. The Morgan fingerprint density at radius 3 is 2.08 bits per heavy atom. The second-order valence-electron chi connectivity index (χ2n) is 18.8. The largest absolute Gasteiger partial charge is 0.462 e. The van der Waals surface area contributed by atoms with Gasteiger partial charge in [-0.3, -0.25) is 28.8 Å². The Morgan fingerprint density at radius 1 is 0.875 bits per heavy atom. The second kappa shape index (κ2) is 19.1. The van der Waals surface area contributed by atoms with Crippen LogP contribution in [0.15, 0.2) is 47.5 Å². The highest BCUT2D eigenvalue weighted by atomic mass is 16.7. The van der Waals surface area contributed by atoms with Crippen molar-refractivity contribution in [1.82, 2.24) is 10.2 Å². The van der Waals surface area contributed by atoms with Crippen LogP contribution in [0.1, 0.15) is 120 Å². The third-order valence-electron chi connectivity index (χ3n) is 12.5. The lowest BCUT2D eigenvalue weighted by atomic mass is 9.78.